The SMILES string of the molecule is CN1CC[C@]23c4c5ccc(OC(=O)c6ccc7ccc(C(=O)Oc8ccc9c%10c8O[C@H]8[C@@H](O)C=C[C@H]%11[C@@H](C9)N(C)CC[C@@]%10%118)cc7c6)c4O[C@H]2[C@@H](O)C=C[C@H]3[C@H]1C5. The Morgan fingerprint density at radius 2 is 1.11 bits per heavy atom. The van der Waals surface area contributed by atoms with Crippen molar-refractivity contribution in [3.8, 4) is 23.0 Å². The minimum Gasteiger partial charge on any atom is -0.482 e. The molecule has 4 aromatic carbocycles. The van der Waals surface area contributed by atoms with Crippen molar-refractivity contribution in [2.45, 2.75) is 73.0 Å². The van der Waals surface area contributed by atoms with Crippen molar-refractivity contribution < 1.29 is 38.7 Å². The average Bonchev–Trinajstić information content (AvgIpc) is 3.75. The molecule has 12 rings (SSSR count). The maximum atomic E-state index is 13.8. The third-order valence-corrected chi connectivity index (χ3v) is 15.0. The summed E-state index contributed by atoms with van der Waals surface area (Å²) >= 11 is 0. The van der Waals surface area contributed by atoms with Crippen molar-refractivity contribution in [2.24, 2.45) is 11.8 Å². The fourth-order valence-electron chi connectivity index (χ4n) is 12.4. The number of esters is 2. The summed E-state index contributed by atoms with van der Waals surface area (Å²) in [5.41, 5.74) is 4.48. The summed E-state index contributed by atoms with van der Waals surface area (Å²) in [5, 5.41) is 23.8. The normalized spacial score (nSPS) is 35.0. The van der Waals surface area contributed by atoms with E-state index >= 15 is 0 Å². The Kier molecular flexibility index (Phi) is 6.70. The van der Waals surface area contributed by atoms with E-state index in [1.165, 1.54) is 11.1 Å². The molecule has 10 atom stereocenters. The van der Waals surface area contributed by atoms with Gasteiger partial charge in [0, 0.05) is 45.9 Å². The first-order chi connectivity index (χ1) is 27.2. The number of carbonyl (C=O) groups excluding carboxylic acids is 2. The lowest BCUT2D eigenvalue weighted by Gasteiger charge is -2.56. The number of piperidine rings is 2. The highest BCUT2D eigenvalue weighted by atomic mass is 16.6. The zero-order valence-electron chi connectivity index (χ0n) is 31.2. The molecule has 0 unspecified atom stereocenters. The molecule has 10 nitrogen and oxygen atoms in total. The van der Waals surface area contributed by atoms with Crippen molar-refractivity contribution in [1.29, 1.82) is 0 Å². The second-order valence-corrected chi connectivity index (χ2v) is 17.4. The Morgan fingerprint density at radius 3 is 1.57 bits per heavy atom. The number of benzene rings is 4. The van der Waals surface area contributed by atoms with Gasteiger partial charge in [0.2, 0.25) is 0 Å². The van der Waals surface area contributed by atoms with E-state index in [1.807, 2.05) is 36.4 Å². The highest BCUT2D eigenvalue weighted by Gasteiger charge is 2.66. The van der Waals surface area contributed by atoms with Crippen LogP contribution < -0.4 is 18.9 Å². The van der Waals surface area contributed by atoms with Gasteiger partial charge in [0.1, 0.15) is 24.4 Å². The largest absolute Gasteiger partial charge is 0.482 e. The summed E-state index contributed by atoms with van der Waals surface area (Å²) in [4.78, 5) is 32.5. The van der Waals surface area contributed by atoms with E-state index in [-0.39, 0.29) is 22.7 Å². The van der Waals surface area contributed by atoms with Crippen LogP contribution in [0, 0.1) is 11.8 Å². The number of likely N-dealkylation sites (N-methyl/N-ethyl adjacent to an activating group) is 2. The number of likely N-dealkylation sites (tertiary alicyclic amines) is 2. The van der Waals surface area contributed by atoms with Crippen LogP contribution in [0.1, 0.15) is 55.8 Å². The van der Waals surface area contributed by atoms with Gasteiger partial charge < -0.3 is 39.0 Å². The van der Waals surface area contributed by atoms with Crippen LogP contribution in [0.5, 0.6) is 23.0 Å². The first kappa shape index (κ1) is 33.2. The van der Waals surface area contributed by atoms with Crippen LogP contribution in [0.25, 0.3) is 10.8 Å². The minimum atomic E-state index is -0.749. The summed E-state index contributed by atoms with van der Waals surface area (Å²) in [6.07, 6.45) is 9.14. The second-order valence-electron chi connectivity index (χ2n) is 17.4. The number of aliphatic hydroxyl groups is 2. The molecule has 4 heterocycles. The van der Waals surface area contributed by atoms with E-state index in [0.717, 1.165) is 55.3 Å². The monoisotopic (exact) mass is 750 g/mol. The van der Waals surface area contributed by atoms with Gasteiger partial charge in [-0.15, -0.1) is 0 Å². The molecule has 56 heavy (non-hydrogen) atoms. The first-order valence-electron chi connectivity index (χ1n) is 19.9. The molecular weight excluding hydrogens is 709 g/mol. The standard InChI is InChI=1S/C46H42N2O8/c1-47-17-15-45-29-9-11-33(49)41(45)55-39-35(13-7-24(37(39)45)21-31(29)47)53-43(51)26-5-3-23-4-6-27(20-28(23)19-26)44(52)54-36-14-8-25-22-32-30-10-12-34(50)42-46(30,16-18-48(32)2)38(25)40(36)56-42/h3-14,19-20,29-34,41-42,49-50H,15-18,21-22H2,1-2H3/t29-,30-,31+,32+,33-,34-,41-,42-,45-,46-/m0/s1. The molecule has 2 saturated heterocycles. The molecular formula is C46H42N2O8. The Hall–Kier alpha value is -5.00. The average molecular weight is 751 g/mol. The lowest BCUT2D eigenvalue weighted by Crippen LogP contribution is -2.64. The molecule has 2 fully saturated rings. The number of hydrogen-bond acceptors (Lipinski definition) is 10. The molecule has 0 amide bonds. The molecule has 4 aliphatic heterocycles. The van der Waals surface area contributed by atoms with E-state index in [4.69, 9.17) is 18.9 Å². The van der Waals surface area contributed by atoms with Gasteiger partial charge in [-0.3, -0.25) is 0 Å². The smallest absolute Gasteiger partial charge is 0.343 e. The lowest BCUT2D eigenvalue weighted by molar-refractivity contribution is -0.0453. The fourth-order valence-corrected chi connectivity index (χ4v) is 12.4. The number of ether oxygens (including phenoxy) is 4. The predicted molar refractivity (Wildman–Crippen MR) is 206 cm³/mol. The molecule has 2 N–H and O–H groups in total. The molecule has 4 bridgehead atoms. The Labute approximate surface area is 323 Å². The van der Waals surface area contributed by atoms with Gasteiger partial charge in [-0.2, -0.15) is 0 Å². The molecule has 4 aliphatic carbocycles. The number of nitrogens with zero attached hydrogens (tertiary/aromatic N) is 2. The van der Waals surface area contributed by atoms with Crippen molar-refractivity contribution in [1.82, 2.24) is 9.80 Å². The van der Waals surface area contributed by atoms with Gasteiger partial charge >= 0.3 is 11.9 Å². The van der Waals surface area contributed by atoms with E-state index in [1.54, 1.807) is 24.3 Å². The van der Waals surface area contributed by atoms with Crippen molar-refractivity contribution in [3.63, 3.8) is 0 Å². The molecule has 2 spiro atoms. The summed E-state index contributed by atoms with van der Waals surface area (Å²) < 4.78 is 25.4. The topological polar surface area (TPSA) is 118 Å². The zero-order valence-corrected chi connectivity index (χ0v) is 31.2. The van der Waals surface area contributed by atoms with Crippen molar-refractivity contribution in [2.75, 3.05) is 27.2 Å². The Morgan fingerprint density at radius 1 is 0.643 bits per heavy atom. The van der Waals surface area contributed by atoms with Crippen molar-refractivity contribution >= 4 is 22.7 Å². The van der Waals surface area contributed by atoms with Crippen LogP contribution in [0.15, 0.2) is 85.0 Å². The Balaban J connectivity index is 0.833. The number of carbonyl (C=O) groups is 2. The maximum Gasteiger partial charge on any atom is 0.343 e. The van der Waals surface area contributed by atoms with Crippen molar-refractivity contribution in [3.05, 3.63) is 118 Å². The van der Waals surface area contributed by atoms with Gasteiger partial charge in [-0.1, -0.05) is 48.6 Å². The summed E-state index contributed by atoms with van der Waals surface area (Å²) in [6.45, 7) is 1.81. The highest BCUT2D eigenvalue weighted by Crippen LogP contribution is 2.64. The van der Waals surface area contributed by atoms with Crippen LogP contribution in [-0.2, 0) is 23.7 Å². The summed E-state index contributed by atoms with van der Waals surface area (Å²) in [6, 6.07) is 19.0. The Bertz CT molecular complexity index is 2330. The second kappa shape index (κ2) is 11.3. The number of aliphatic hydroxyl groups excluding tert-OH is 2. The quantitative estimate of drug-likeness (QED) is 0.170. The molecule has 8 aliphatic rings. The number of rotatable bonds is 4. The van der Waals surface area contributed by atoms with Gasteiger partial charge in [0.25, 0.3) is 0 Å². The van der Waals surface area contributed by atoms with Gasteiger partial charge in [-0.05, 0) is 111 Å². The predicted octanol–water partition coefficient (Wildman–Crippen LogP) is 4.89. The first-order valence-corrected chi connectivity index (χ1v) is 19.9. The molecule has 0 radical (unpaired) electrons. The van der Waals surface area contributed by atoms with Crippen LogP contribution in [0.4, 0.5) is 0 Å². The maximum absolute atomic E-state index is 13.8. The van der Waals surface area contributed by atoms with E-state index < -0.39 is 36.4 Å². The van der Waals surface area contributed by atoms with E-state index in [9.17, 15) is 19.8 Å². The third kappa shape index (κ3) is 4.15. The molecule has 0 saturated carbocycles. The van der Waals surface area contributed by atoms with E-state index in [2.05, 4.69) is 48.2 Å². The molecule has 0 aromatic heterocycles. The molecule has 10 heteroatoms. The highest BCUT2D eigenvalue weighted by molar-refractivity contribution is 6.00. The third-order valence-electron chi connectivity index (χ3n) is 15.0. The number of hydrogen-bond donors (Lipinski definition) is 2. The zero-order chi connectivity index (χ0) is 37.8. The van der Waals surface area contributed by atoms with Gasteiger partial charge in [0.15, 0.2) is 23.0 Å². The summed E-state index contributed by atoms with van der Waals surface area (Å²) in [5.74, 6) is 1.16. The van der Waals surface area contributed by atoms with Gasteiger partial charge in [0.05, 0.1) is 11.1 Å². The molecule has 4 aromatic rings. The van der Waals surface area contributed by atoms with Crippen LogP contribution >= 0.6 is 0 Å². The summed E-state index contributed by atoms with van der Waals surface area (Å²) in [7, 11) is 4.34. The van der Waals surface area contributed by atoms with Gasteiger partial charge in [-0.25, -0.2) is 9.59 Å². The number of fused-ring (bicyclic) bond motifs is 1. The minimum absolute atomic E-state index is 0.206. The van der Waals surface area contributed by atoms with Crippen LogP contribution in [-0.4, -0.2) is 95.6 Å². The lowest BCUT2D eigenvalue weighted by atomic mass is 9.53. The van der Waals surface area contributed by atoms with Crippen LogP contribution in [0.2, 0.25) is 0 Å². The fraction of sp³-hybridized carbons (Fsp3) is 0.391. The van der Waals surface area contributed by atoms with Crippen LogP contribution in [0.3, 0.4) is 0 Å². The molecule has 284 valence electrons. The van der Waals surface area contributed by atoms with E-state index in [0.29, 0.717) is 51.6 Å².